The van der Waals surface area contributed by atoms with E-state index in [-0.39, 0.29) is 22.6 Å². The van der Waals surface area contributed by atoms with Gasteiger partial charge in [-0.2, -0.15) is 0 Å². The zero-order valence-corrected chi connectivity index (χ0v) is 19.4. The number of sulfonamides is 1. The van der Waals surface area contributed by atoms with E-state index in [9.17, 15) is 21.6 Å². The number of halogens is 4. The van der Waals surface area contributed by atoms with Gasteiger partial charge in [-0.15, -0.1) is 0 Å². The van der Waals surface area contributed by atoms with Gasteiger partial charge in [0, 0.05) is 23.6 Å². The van der Waals surface area contributed by atoms with Crippen LogP contribution in [0.4, 0.5) is 18.9 Å². The van der Waals surface area contributed by atoms with Crippen LogP contribution in [0.3, 0.4) is 0 Å². The number of benzene rings is 3. The van der Waals surface area contributed by atoms with Crippen molar-refractivity contribution in [2.45, 2.75) is 30.7 Å². The van der Waals surface area contributed by atoms with Crippen LogP contribution in [0.15, 0.2) is 59.5 Å². The van der Waals surface area contributed by atoms with Gasteiger partial charge in [-0.1, -0.05) is 23.7 Å². The van der Waals surface area contributed by atoms with Crippen molar-refractivity contribution >= 4 is 27.3 Å². The van der Waals surface area contributed by atoms with Crippen molar-refractivity contribution in [3.05, 3.63) is 93.8 Å². The maximum absolute atomic E-state index is 14.4. The zero-order chi connectivity index (χ0) is 23.8. The Morgan fingerprint density at radius 2 is 1.76 bits per heavy atom. The SMILES string of the molecule is Cc1ccc(S(=O)(=O)N(c2ccc(Cl)cc2Cc2c(F)cccc2F)[C@H]2CCNC2)cc1F. The molecule has 1 fully saturated rings. The molecule has 1 atom stereocenters. The van der Waals surface area contributed by atoms with Crippen molar-refractivity contribution in [2.24, 2.45) is 0 Å². The van der Waals surface area contributed by atoms with Crippen molar-refractivity contribution < 1.29 is 21.6 Å². The summed E-state index contributed by atoms with van der Waals surface area (Å²) < 4.78 is 71.8. The Hall–Kier alpha value is -2.55. The molecule has 4 nitrogen and oxygen atoms in total. The molecule has 0 aliphatic carbocycles. The molecule has 0 amide bonds. The Kier molecular flexibility index (Phi) is 6.70. The van der Waals surface area contributed by atoms with Crippen molar-refractivity contribution in [3.8, 4) is 0 Å². The average Bonchev–Trinajstić information content (AvgIpc) is 3.28. The molecule has 3 aromatic rings. The fourth-order valence-electron chi connectivity index (χ4n) is 4.01. The minimum absolute atomic E-state index is 0.190. The van der Waals surface area contributed by atoms with Crippen molar-refractivity contribution in [2.75, 3.05) is 17.4 Å². The number of aryl methyl sites for hydroxylation is 1. The highest BCUT2D eigenvalue weighted by Crippen LogP contribution is 2.35. The Morgan fingerprint density at radius 3 is 2.39 bits per heavy atom. The number of anilines is 1. The number of hydrogen-bond acceptors (Lipinski definition) is 3. The van der Waals surface area contributed by atoms with E-state index < -0.39 is 33.5 Å². The summed E-state index contributed by atoms with van der Waals surface area (Å²) in [7, 11) is -4.20. The first-order valence-corrected chi connectivity index (χ1v) is 12.2. The van der Waals surface area contributed by atoms with Gasteiger partial charge in [0.15, 0.2) is 0 Å². The lowest BCUT2D eigenvalue weighted by molar-refractivity contribution is 0.561. The second-order valence-electron chi connectivity index (χ2n) is 8.01. The lowest BCUT2D eigenvalue weighted by atomic mass is 10.0. The van der Waals surface area contributed by atoms with E-state index >= 15 is 0 Å². The number of rotatable bonds is 6. The molecule has 1 heterocycles. The largest absolute Gasteiger partial charge is 0.315 e. The van der Waals surface area contributed by atoms with E-state index in [1.165, 1.54) is 40.7 Å². The summed E-state index contributed by atoms with van der Waals surface area (Å²) >= 11 is 6.18. The highest BCUT2D eigenvalue weighted by molar-refractivity contribution is 7.92. The van der Waals surface area contributed by atoms with Crippen LogP contribution >= 0.6 is 11.6 Å². The first kappa shape index (κ1) is 23.6. The molecule has 0 unspecified atom stereocenters. The van der Waals surface area contributed by atoms with Crippen molar-refractivity contribution in [1.82, 2.24) is 5.32 Å². The summed E-state index contributed by atoms with van der Waals surface area (Å²) in [5, 5.41) is 3.44. The van der Waals surface area contributed by atoms with Gasteiger partial charge in [0.1, 0.15) is 17.5 Å². The molecule has 3 aromatic carbocycles. The number of hydrogen-bond donors (Lipinski definition) is 1. The minimum atomic E-state index is -4.20. The third kappa shape index (κ3) is 4.74. The van der Waals surface area contributed by atoms with Crippen LogP contribution in [0.5, 0.6) is 0 Å². The van der Waals surface area contributed by atoms with Gasteiger partial charge < -0.3 is 5.32 Å². The lowest BCUT2D eigenvalue weighted by Gasteiger charge is -2.32. The van der Waals surface area contributed by atoms with E-state index in [0.29, 0.717) is 35.7 Å². The molecule has 4 rings (SSSR count). The molecule has 0 radical (unpaired) electrons. The molecule has 1 N–H and O–H groups in total. The quantitative estimate of drug-likeness (QED) is 0.511. The average molecular weight is 495 g/mol. The van der Waals surface area contributed by atoms with Gasteiger partial charge in [-0.3, -0.25) is 4.31 Å². The summed E-state index contributed by atoms with van der Waals surface area (Å²) in [5.41, 5.74) is 0.723. The summed E-state index contributed by atoms with van der Waals surface area (Å²) in [6, 6.07) is 11.4. The molecule has 174 valence electrons. The van der Waals surface area contributed by atoms with Crippen LogP contribution in [0, 0.1) is 24.4 Å². The molecule has 0 bridgehead atoms. The number of nitrogens with zero attached hydrogens (tertiary/aromatic N) is 1. The van der Waals surface area contributed by atoms with Crippen LogP contribution in [0.2, 0.25) is 5.02 Å². The fourth-order valence-corrected chi connectivity index (χ4v) is 5.94. The molecule has 1 saturated heterocycles. The zero-order valence-electron chi connectivity index (χ0n) is 17.8. The second kappa shape index (κ2) is 9.37. The molecule has 9 heteroatoms. The van der Waals surface area contributed by atoms with Gasteiger partial charge >= 0.3 is 0 Å². The van der Waals surface area contributed by atoms with Gasteiger partial charge in [-0.05, 0) is 73.5 Å². The monoisotopic (exact) mass is 494 g/mol. The molecule has 1 aliphatic heterocycles. The third-order valence-corrected chi connectivity index (χ3v) is 7.87. The highest BCUT2D eigenvalue weighted by Gasteiger charge is 2.35. The Morgan fingerprint density at radius 1 is 1.03 bits per heavy atom. The van der Waals surface area contributed by atoms with Gasteiger partial charge in [0.2, 0.25) is 0 Å². The summed E-state index contributed by atoms with van der Waals surface area (Å²) in [6.45, 7) is 2.53. The Bertz CT molecular complexity index is 1270. The molecule has 0 spiro atoms. The van der Waals surface area contributed by atoms with Crippen LogP contribution in [0.25, 0.3) is 0 Å². The normalized spacial score (nSPS) is 16.2. The molecule has 0 aromatic heterocycles. The Balaban J connectivity index is 1.87. The van der Waals surface area contributed by atoms with E-state index in [0.717, 1.165) is 18.2 Å². The first-order valence-electron chi connectivity index (χ1n) is 10.4. The van der Waals surface area contributed by atoms with E-state index in [2.05, 4.69) is 5.32 Å². The third-order valence-electron chi connectivity index (χ3n) is 5.77. The molecule has 1 aliphatic rings. The molecule has 0 saturated carbocycles. The maximum atomic E-state index is 14.4. The van der Waals surface area contributed by atoms with E-state index in [1.54, 1.807) is 6.92 Å². The van der Waals surface area contributed by atoms with Crippen LogP contribution in [-0.4, -0.2) is 27.5 Å². The fraction of sp³-hybridized carbons (Fsp3) is 0.250. The highest BCUT2D eigenvalue weighted by atomic mass is 35.5. The summed E-state index contributed by atoms with van der Waals surface area (Å²) in [5.74, 6) is -2.11. The van der Waals surface area contributed by atoms with Gasteiger partial charge in [0.05, 0.1) is 16.6 Å². The predicted octanol–water partition coefficient (Wildman–Crippen LogP) is 5.21. The minimum Gasteiger partial charge on any atom is -0.315 e. The van der Waals surface area contributed by atoms with Crippen LogP contribution < -0.4 is 9.62 Å². The van der Waals surface area contributed by atoms with Crippen molar-refractivity contribution in [3.63, 3.8) is 0 Å². The molecular formula is C24H22ClF3N2O2S. The van der Waals surface area contributed by atoms with Crippen molar-refractivity contribution in [1.29, 1.82) is 0 Å². The van der Waals surface area contributed by atoms with Crippen LogP contribution in [-0.2, 0) is 16.4 Å². The molecule has 33 heavy (non-hydrogen) atoms. The number of nitrogens with one attached hydrogen (secondary N) is 1. The topological polar surface area (TPSA) is 49.4 Å². The van der Waals surface area contributed by atoms with Gasteiger partial charge in [-0.25, -0.2) is 21.6 Å². The Labute approximate surface area is 196 Å². The van der Waals surface area contributed by atoms with Gasteiger partial charge in [0.25, 0.3) is 10.0 Å². The second-order valence-corrected chi connectivity index (χ2v) is 10.3. The standard InChI is InChI=1S/C24H22ClF3N2O2S/c1-15-5-7-19(13-23(15)28)33(31,32)30(18-9-10-29-14-18)24-8-6-17(25)11-16(24)12-20-21(26)3-2-4-22(20)27/h2-8,11,13,18,29H,9-10,12,14H2,1H3/t18-/m0/s1. The van der Waals surface area contributed by atoms with E-state index in [1.807, 2.05) is 0 Å². The van der Waals surface area contributed by atoms with E-state index in [4.69, 9.17) is 11.6 Å². The smallest absolute Gasteiger partial charge is 0.264 e. The maximum Gasteiger partial charge on any atom is 0.264 e. The summed E-state index contributed by atoms with van der Waals surface area (Å²) in [4.78, 5) is -0.199. The summed E-state index contributed by atoms with van der Waals surface area (Å²) in [6.07, 6.45) is 0.312. The molecular weight excluding hydrogens is 473 g/mol. The van der Waals surface area contributed by atoms with Crippen LogP contribution in [0.1, 0.15) is 23.1 Å². The lowest BCUT2D eigenvalue weighted by Crippen LogP contribution is -2.42. The first-order chi connectivity index (χ1) is 15.7. The predicted molar refractivity (Wildman–Crippen MR) is 123 cm³/mol.